The molecule has 1 aromatic carbocycles. The van der Waals surface area contributed by atoms with Gasteiger partial charge in [0.1, 0.15) is 11.5 Å². The van der Waals surface area contributed by atoms with Crippen molar-refractivity contribution >= 4 is 11.6 Å². The molecule has 3 atom stereocenters. The van der Waals surface area contributed by atoms with Crippen molar-refractivity contribution in [1.82, 2.24) is 20.1 Å². The van der Waals surface area contributed by atoms with Crippen molar-refractivity contribution in [2.24, 2.45) is 17.3 Å². The third-order valence-electron chi connectivity index (χ3n) is 11.1. The maximum Gasteiger partial charge on any atom is 0.233 e. The van der Waals surface area contributed by atoms with Crippen molar-refractivity contribution in [2.45, 2.75) is 107 Å². The van der Waals surface area contributed by atoms with Crippen LogP contribution < -0.4 is 4.90 Å². The van der Waals surface area contributed by atoms with Gasteiger partial charge in [-0.15, -0.1) is 0 Å². The summed E-state index contributed by atoms with van der Waals surface area (Å²) in [6.45, 7) is 4.86. The highest BCUT2D eigenvalue weighted by Gasteiger charge is 2.73. The van der Waals surface area contributed by atoms with E-state index in [1.807, 2.05) is 29.4 Å². The maximum atomic E-state index is 14.6. The number of hydrogen-bond donors (Lipinski definition) is 0. The summed E-state index contributed by atoms with van der Waals surface area (Å²) in [5, 5.41) is 4.29. The number of amides is 1. The normalized spacial score (nSPS) is 33.1. The molecule has 42 heavy (non-hydrogen) atoms. The van der Waals surface area contributed by atoms with Crippen LogP contribution in [0.25, 0.3) is 11.1 Å². The van der Waals surface area contributed by atoms with Gasteiger partial charge in [0.25, 0.3) is 0 Å². The topological polar surface area (TPSA) is 85.0 Å². The molecule has 9 rings (SSSR count). The zero-order valence-electron chi connectivity index (χ0n) is 24.7. The number of hydrogen-bond acceptors (Lipinski definition) is 6. The van der Waals surface area contributed by atoms with Gasteiger partial charge in [-0.3, -0.25) is 4.79 Å². The van der Waals surface area contributed by atoms with E-state index < -0.39 is 11.1 Å². The number of carbonyl (C=O) groups excluding carboxylic acids is 1. The van der Waals surface area contributed by atoms with Gasteiger partial charge in [-0.25, -0.2) is 14.4 Å². The largest absolute Gasteiger partial charge is 0.339 e. The van der Waals surface area contributed by atoms with E-state index in [0.29, 0.717) is 43.6 Å². The number of anilines is 1. The minimum Gasteiger partial charge on any atom is -0.339 e. The molecule has 3 aromatic rings. The lowest BCUT2D eigenvalue weighted by Crippen LogP contribution is -2.70. The SMILES string of the molecule is CC(C)c1noc(C23CCCC(C2)C(CN(C(=O)C24CC(F)(C2)C4)c2cccc(-c4cnc(C5CC5)nc4)c2)CC3)n1. The molecule has 6 aliphatic rings. The van der Waals surface area contributed by atoms with Crippen LogP contribution in [0.1, 0.15) is 114 Å². The van der Waals surface area contributed by atoms with Gasteiger partial charge in [0.15, 0.2) is 5.82 Å². The van der Waals surface area contributed by atoms with Crippen molar-refractivity contribution in [3.63, 3.8) is 0 Å². The Labute approximate surface area is 246 Å². The molecule has 8 heteroatoms. The number of aromatic nitrogens is 4. The lowest BCUT2D eigenvalue weighted by molar-refractivity contribution is -0.211. The summed E-state index contributed by atoms with van der Waals surface area (Å²) in [5.74, 6) is 4.26. The molecular weight excluding hydrogens is 529 g/mol. The molecule has 1 amide bonds. The fraction of sp³-hybridized carbons (Fsp3) is 0.618. The Morgan fingerprint density at radius 1 is 1.07 bits per heavy atom. The first-order valence-corrected chi connectivity index (χ1v) is 16.0. The maximum absolute atomic E-state index is 14.6. The fourth-order valence-corrected chi connectivity index (χ4v) is 8.57. The lowest BCUT2D eigenvalue weighted by atomic mass is 9.42. The number of nitrogens with zero attached hydrogens (tertiary/aromatic N) is 5. The lowest BCUT2D eigenvalue weighted by Gasteiger charge is -2.65. The van der Waals surface area contributed by atoms with Gasteiger partial charge < -0.3 is 9.42 Å². The summed E-state index contributed by atoms with van der Waals surface area (Å²) in [6.07, 6.45) is 13.7. The number of alkyl halides is 1. The van der Waals surface area contributed by atoms with Gasteiger partial charge in [0.05, 0.1) is 5.41 Å². The van der Waals surface area contributed by atoms with Crippen LogP contribution in [0.2, 0.25) is 0 Å². The van der Waals surface area contributed by atoms with Crippen molar-refractivity contribution in [2.75, 3.05) is 11.4 Å². The van der Waals surface area contributed by atoms with Gasteiger partial charge in [-0.2, -0.15) is 4.98 Å². The molecule has 6 aliphatic carbocycles. The molecule has 0 spiro atoms. The molecule has 3 unspecified atom stereocenters. The quantitative estimate of drug-likeness (QED) is 0.283. The second-order valence-corrected chi connectivity index (χ2v) is 14.6. The predicted molar refractivity (Wildman–Crippen MR) is 157 cm³/mol. The van der Waals surface area contributed by atoms with E-state index in [2.05, 4.69) is 41.1 Å². The Hall–Kier alpha value is -3.16. The molecule has 4 bridgehead atoms. The summed E-state index contributed by atoms with van der Waals surface area (Å²) >= 11 is 0. The molecule has 0 N–H and O–H groups in total. The van der Waals surface area contributed by atoms with Gasteiger partial charge in [-0.05, 0) is 87.3 Å². The Kier molecular flexibility index (Phi) is 5.94. The number of fused-ring (bicyclic) bond motifs is 2. The summed E-state index contributed by atoms with van der Waals surface area (Å²) in [5.41, 5.74) is 1.17. The van der Waals surface area contributed by atoms with Crippen LogP contribution in [0, 0.1) is 17.3 Å². The first-order chi connectivity index (χ1) is 20.2. The highest BCUT2D eigenvalue weighted by Crippen LogP contribution is 2.70. The molecule has 220 valence electrons. The minimum atomic E-state index is -1.11. The summed E-state index contributed by atoms with van der Waals surface area (Å²) in [4.78, 5) is 30.3. The smallest absolute Gasteiger partial charge is 0.233 e. The van der Waals surface area contributed by atoms with Crippen LogP contribution >= 0.6 is 0 Å². The molecular formula is C34H40FN5O2. The molecule has 0 aliphatic heterocycles. The molecule has 6 fully saturated rings. The third kappa shape index (κ3) is 4.31. The third-order valence-corrected chi connectivity index (χ3v) is 11.1. The van der Waals surface area contributed by atoms with E-state index >= 15 is 0 Å². The summed E-state index contributed by atoms with van der Waals surface area (Å²) in [7, 11) is 0. The minimum absolute atomic E-state index is 0.0462. The zero-order valence-corrected chi connectivity index (χ0v) is 24.7. The molecule has 2 aromatic heterocycles. The standard InChI is InChI=1S/C34H40FN5O2/c1-21(2)28-38-30(42-39-28)32-11-4-6-24(14-32)25(10-12-32)17-40(31(41)33-18-34(35,19-33)20-33)27-7-3-5-23(13-27)26-15-36-29(37-16-26)22-8-9-22/h3,5,7,13,15-16,21-22,24-25H,4,6,8-12,14,17-20H2,1-2H3. The van der Waals surface area contributed by atoms with Crippen LogP contribution in [0.4, 0.5) is 10.1 Å². The molecule has 2 heterocycles. The van der Waals surface area contributed by atoms with Crippen LogP contribution in [0.5, 0.6) is 0 Å². The molecule has 0 saturated heterocycles. The number of rotatable bonds is 8. The van der Waals surface area contributed by atoms with Crippen LogP contribution in [-0.2, 0) is 10.2 Å². The number of benzene rings is 1. The van der Waals surface area contributed by atoms with Crippen molar-refractivity contribution < 1.29 is 13.7 Å². The second-order valence-electron chi connectivity index (χ2n) is 14.6. The van der Waals surface area contributed by atoms with Gasteiger partial charge >= 0.3 is 0 Å². The first-order valence-electron chi connectivity index (χ1n) is 16.0. The molecule has 6 saturated carbocycles. The van der Waals surface area contributed by atoms with E-state index in [9.17, 15) is 9.18 Å². The van der Waals surface area contributed by atoms with Gasteiger partial charge in [0.2, 0.25) is 11.8 Å². The van der Waals surface area contributed by atoms with Crippen molar-refractivity contribution in [3.05, 3.63) is 54.2 Å². The Morgan fingerprint density at radius 3 is 2.55 bits per heavy atom. The monoisotopic (exact) mass is 569 g/mol. The molecule has 7 nitrogen and oxygen atoms in total. The van der Waals surface area contributed by atoms with Crippen LogP contribution in [0.15, 0.2) is 41.2 Å². The van der Waals surface area contributed by atoms with E-state index in [1.54, 1.807) is 0 Å². The Bertz CT molecular complexity index is 1490. The van der Waals surface area contributed by atoms with E-state index in [1.165, 1.54) is 12.8 Å². The van der Waals surface area contributed by atoms with Crippen LogP contribution in [-0.4, -0.2) is 38.2 Å². The Morgan fingerprint density at radius 2 is 1.86 bits per heavy atom. The van der Waals surface area contributed by atoms with Gasteiger partial charge in [-0.1, -0.05) is 44.0 Å². The zero-order chi connectivity index (χ0) is 28.7. The van der Waals surface area contributed by atoms with E-state index in [0.717, 1.165) is 72.9 Å². The number of halogens is 1. The van der Waals surface area contributed by atoms with Crippen molar-refractivity contribution in [3.8, 4) is 11.1 Å². The predicted octanol–water partition coefficient (Wildman–Crippen LogP) is 7.29. The van der Waals surface area contributed by atoms with E-state index in [-0.39, 0.29) is 17.2 Å². The fourth-order valence-electron chi connectivity index (χ4n) is 8.57. The number of carbonyl (C=O) groups is 1. The first kappa shape index (κ1) is 26.5. The molecule has 0 radical (unpaired) electrons. The summed E-state index contributed by atoms with van der Waals surface area (Å²) in [6, 6.07) is 8.22. The Balaban J connectivity index is 1.06. The van der Waals surface area contributed by atoms with Gasteiger partial charge in [0, 0.05) is 47.4 Å². The van der Waals surface area contributed by atoms with Crippen LogP contribution in [0.3, 0.4) is 0 Å². The average Bonchev–Trinajstić information content (AvgIpc) is 3.69. The van der Waals surface area contributed by atoms with E-state index in [4.69, 9.17) is 9.51 Å². The summed E-state index contributed by atoms with van der Waals surface area (Å²) < 4.78 is 20.5. The highest BCUT2D eigenvalue weighted by molar-refractivity contribution is 6.00. The average molecular weight is 570 g/mol. The van der Waals surface area contributed by atoms with Crippen molar-refractivity contribution in [1.29, 1.82) is 0 Å². The second kappa shape index (κ2) is 9.42. The highest BCUT2D eigenvalue weighted by atomic mass is 19.1.